The lowest BCUT2D eigenvalue weighted by Gasteiger charge is -2.26. The number of pyridine rings is 1. The van der Waals surface area contributed by atoms with Crippen molar-refractivity contribution in [2.75, 3.05) is 29.9 Å². The van der Waals surface area contributed by atoms with E-state index in [1.54, 1.807) is 30.1 Å². The van der Waals surface area contributed by atoms with E-state index in [-0.39, 0.29) is 5.91 Å². The molecule has 0 atom stereocenters. The van der Waals surface area contributed by atoms with Crippen molar-refractivity contribution in [2.45, 2.75) is 0 Å². The molecule has 1 fully saturated rings. The monoisotopic (exact) mass is 271 g/mol. The molecule has 1 amide bonds. The standard InChI is InChI=1S/C11H14ClN3OS/c12-11-9(2-1-3-14-11)15-10(16)7-17-6-8-4-13-5-8/h1-3,8,13H,4-7H2,(H,15,16). The number of nitrogens with zero attached hydrogens (tertiary/aromatic N) is 1. The van der Waals surface area contributed by atoms with Crippen LogP contribution < -0.4 is 10.6 Å². The van der Waals surface area contributed by atoms with Gasteiger partial charge in [0.2, 0.25) is 5.91 Å². The molecular formula is C11H14ClN3OS. The van der Waals surface area contributed by atoms with Gasteiger partial charge in [0.15, 0.2) is 5.15 Å². The predicted molar refractivity (Wildman–Crippen MR) is 71.6 cm³/mol. The highest BCUT2D eigenvalue weighted by molar-refractivity contribution is 7.99. The quantitative estimate of drug-likeness (QED) is 0.800. The molecule has 2 heterocycles. The van der Waals surface area contributed by atoms with Gasteiger partial charge in [0.25, 0.3) is 0 Å². The summed E-state index contributed by atoms with van der Waals surface area (Å²) in [4.78, 5) is 15.5. The van der Waals surface area contributed by atoms with E-state index in [1.807, 2.05) is 0 Å². The molecule has 0 bridgehead atoms. The maximum absolute atomic E-state index is 11.6. The topological polar surface area (TPSA) is 54.0 Å². The Morgan fingerprint density at radius 2 is 2.47 bits per heavy atom. The SMILES string of the molecule is O=C(CSCC1CNC1)Nc1cccnc1Cl. The van der Waals surface area contributed by atoms with E-state index in [4.69, 9.17) is 11.6 Å². The van der Waals surface area contributed by atoms with Gasteiger partial charge < -0.3 is 10.6 Å². The van der Waals surface area contributed by atoms with Gasteiger partial charge in [-0.2, -0.15) is 11.8 Å². The Bertz CT molecular complexity index is 398. The highest BCUT2D eigenvalue weighted by Gasteiger charge is 2.16. The molecule has 0 saturated carbocycles. The summed E-state index contributed by atoms with van der Waals surface area (Å²) in [5.74, 6) is 2.18. The van der Waals surface area contributed by atoms with Gasteiger partial charge in [0.1, 0.15) is 0 Å². The van der Waals surface area contributed by atoms with Crippen LogP contribution in [0.25, 0.3) is 0 Å². The van der Waals surface area contributed by atoms with Gasteiger partial charge in [0.05, 0.1) is 11.4 Å². The summed E-state index contributed by atoms with van der Waals surface area (Å²) in [6.07, 6.45) is 1.59. The molecule has 6 heteroatoms. The third-order valence-corrected chi connectivity index (χ3v) is 3.96. The fraction of sp³-hybridized carbons (Fsp3) is 0.455. The number of amides is 1. The molecule has 0 radical (unpaired) electrons. The van der Waals surface area contributed by atoms with Gasteiger partial charge in [-0.05, 0) is 36.9 Å². The zero-order valence-corrected chi connectivity index (χ0v) is 10.9. The normalized spacial score (nSPS) is 15.4. The number of carbonyl (C=O) groups excluding carboxylic acids is 1. The first kappa shape index (κ1) is 12.7. The summed E-state index contributed by atoms with van der Waals surface area (Å²) < 4.78 is 0. The highest BCUT2D eigenvalue weighted by Crippen LogP contribution is 2.18. The Morgan fingerprint density at radius 1 is 1.65 bits per heavy atom. The average molecular weight is 272 g/mol. The van der Waals surface area contributed by atoms with E-state index in [2.05, 4.69) is 15.6 Å². The molecule has 0 aliphatic carbocycles. The van der Waals surface area contributed by atoms with Crippen LogP contribution in [-0.2, 0) is 4.79 Å². The smallest absolute Gasteiger partial charge is 0.234 e. The molecule has 4 nitrogen and oxygen atoms in total. The summed E-state index contributed by atoms with van der Waals surface area (Å²) in [6.45, 7) is 2.14. The molecule has 1 saturated heterocycles. The number of thioether (sulfide) groups is 1. The molecule has 17 heavy (non-hydrogen) atoms. The lowest BCUT2D eigenvalue weighted by Crippen LogP contribution is -2.43. The molecule has 1 aromatic rings. The zero-order chi connectivity index (χ0) is 12.1. The van der Waals surface area contributed by atoms with Crippen molar-refractivity contribution >= 4 is 35.0 Å². The van der Waals surface area contributed by atoms with E-state index in [9.17, 15) is 4.79 Å². The molecule has 0 unspecified atom stereocenters. The molecule has 2 rings (SSSR count). The second-order valence-corrected chi connectivity index (χ2v) is 5.32. The Kier molecular flexibility index (Phi) is 4.65. The van der Waals surface area contributed by atoms with Gasteiger partial charge in [-0.3, -0.25) is 4.79 Å². The van der Waals surface area contributed by atoms with Crippen LogP contribution >= 0.6 is 23.4 Å². The molecule has 1 aliphatic heterocycles. The van der Waals surface area contributed by atoms with Crippen LogP contribution in [0.15, 0.2) is 18.3 Å². The van der Waals surface area contributed by atoms with Gasteiger partial charge in [-0.15, -0.1) is 0 Å². The maximum Gasteiger partial charge on any atom is 0.234 e. The second-order valence-electron chi connectivity index (χ2n) is 3.93. The number of halogens is 1. The molecule has 92 valence electrons. The number of hydrogen-bond donors (Lipinski definition) is 2. The fourth-order valence-electron chi connectivity index (χ4n) is 1.45. The van der Waals surface area contributed by atoms with Crippen LogP contribution in [0.4, 0.5) is 5.69 Å². The molecule has 1 aliphatic rings. The molecule has 1 aromatic heterocycles. The Morgan fingerprint density at radius 3 is 3.12 bits per heavy atom. The number of anilines is 1. The highest BCUT2D eigenvalue weighted by atomic mass is 35.5. The Labute approximate surface area is 110 Å². The van der Waals surface area contributed by atoms with Crippen LogP contribution in [0.3, 0.4) is 0 Å². The van der Waals surface area contributed by atoms with Crippen LogP contribution in [0.2, 0.25) is 5.15 Å². The number of nitrogens with one attached hydrogen (secondary N) is 2. The Balaban J connectivity index is 1.71. The van der Waals surface area contributed by atoms with Gasteiger partial charge in [-0.25, -0.2) is 4.98 Å². The molecule has 0 aromatic carbocycles. The number of hydrogen-bond acceptors (Lipinski definition) is 4. The summed E-state index contributed by atoms with van der Waals surface area (Å²) >= 11 is 7.50. The van der Waals surface area contributed by atoms with Crippen molar-refractivity contribution < 1.29 is 4.79 Å². The van der Waals surface area contributed by atoms with Crippen molar-refractivity contribution in [1.82, 2.24) is 10.3 Å². The minimum absolute atomic E-state index is 0.0304. The van der Waals surface area contributed by atoms with E-state index in [0.29, 0.717) is 16.6 Å². The third-order valence-electron chi connectivity index (χ3n) is 2.49. The average Bonchev–Trinajstić information content (AvgIpc) is 2.25. The van der Waals surface area contributed by atoms with Gasteiger partial charge in [-0.1, -0.05) is 11.6 Å². The van der Waals surface area contributed by atoms with E-state index >= 15 is 0 Å². The first-order chi connectivity index (χ1) is 8.25. The summed E-state index contributed by atoms with van der Waals surface area (Å²) in [7, 11) is 0. The predicted octanol–water partition coefficient (Wildman–Crippen LogP) is 1.63. The van der Waals surface area contributed by atoms with Gasteiger partial charge >= 0.3 is 0 Å². The van der Waals surface area contributed by atoms with Crippen molar-refractivity contribution in [2.24, 2.45) is 5.92 Å². The van der Waals surface area contributed by atoms with Crippen molar-refractivity contribution in [3.05, 3.63) is 23.5 Å². The van der Waals surface area contributed by atoms with Crippen LogP contribution in [0, 0.1) is 5.92 Å². The minimum atomic E-state index is -0.0304. The van der Waals surface area contributed by atoms with Crippen molar-refractivity contribution in [1.29, 1.82) is 0 Å². The fourth-order valence-corrected chi connectivity index (χ4v) is 2.56. The molecule has 0 spiro atoms. The Hall–Kier alpha value is -0.780. The van der Waals surface area contributed by atoms with Crippen molar-refractivity contribution in [3.63, 3.8) is 0 Å². The van der Waals surface area contributed by atoms with Crippen LogP contribution in [0.5, 0.6) is 0 Å². The third kappa shape index (κ3) is 3.87. The zero-order valence-electron chi connectivity index (χ0n) is 9.28. The summed E-state index contributed by atoms with van der Waals surface area (Å²) in [5, 5.41) is 6.28. The van der Waals surface area contributed by atoms with Gasteiger partial charge in [0, 0.05) is 6.20 Å². The second kappa shape index (κ2) is 6.23. The first-order valence-corrected chi connectivity index (χ1v) is 6.98. The first-order valence-electron chi connectivity index (χ1n) is 5.44. The molecule has 2 N–H and O–H groups in total. The number of carbonyl (C=O) groups is 1. The summed E-state index contributed by atoms with van der Waals surface area (Å²) in [6, 6.07) is 3.49. The maximum atomic E-state index is 11.6. The minimum Gasteiger partial charge on any atom is -0.323 e. The largest absolute Gasteiger partial charge is 0.323 e. The summed E-state index contributed by atoms with van der Waals surface area (Å²) in [5.41, 5.74) is 0.574. The van der Waals surface area contributed by atoms with Crippen molar-refractivity contribution in [3.8, 4) is 0 Å². The number of aromatic nitrogens is 1. The van der Waals surface area contributed by atoms with E-state index in [1.165, 1.54) is 0 Å². The lowest BCUT2D eigenvalue weighted by molar-refractivity contribution is -0.113. The number of rotatable bonds is 5. The van der Waals surface area contributed by atoms with Crippen LogP contribution in [-0.4, -0.2) is 35.5 Å². The van der Waals surface area contributed by atoms with E-state index < -0.39 is 0 Å². The van der Waals surface area contributed by atoms with E-state index in [0.717, 1.165) is 24.8 Å². The molecular weight excluding hydrogens is 258 g/mol. The van der Waals surface area contributed by atoms with Crippen LogP contribution in [0.1, 0.15) is 0 Å². The lowest BCUT2D eigenvalue weighted by atomic mass is 10.1.